The maximum Gasteiger partial charge on any atom is 0.317 e. The van der Waals surface area contributed by atoms with Gasteiger partial charge in [-0.05, 0) is 37.5 Å². The first-order valence-corrected chi connectivity index (χ1v) is 9.31. The molecule has 1 heterocycles. The fourth-order valence-electron chi connectivity index (χ4n) is 3.39. The Kier molecular flexibility index (Phi) is 4.81. The summed E-state index contributed by atoms with van der Waals surface area (Å²) < 4.78 is 14.5. The van der Waals surface area contributed by atoms with E-state index in [0.29, 0.717) is 17.0 Å². The molecule has 0 bridgehead atoms. The largest absolute Gasteiger partial charge is 0.335 e. The molecule has 0 saturated heterocycles. The van der Waals surface area contributed by atoms with E-state index in [4.69, 9.17) is 0 Å². The molecule has 2 aliphatic rings. The van der Waals surface area contributed by atoms with Gasteiger partial charge >= 0.3 is 6.03 Å². The van der Waals surface area contributed by atoms with Gasteiger partial charge in [0, 0.05) is 24.2 Å². The molecule has 2 N–H and O–H groups in total. The normalized spacial score (nSPS) is 19.2. The van der Waals surface area contributed by atoms with Crippen LogP contribution < -0.4 is 15.5 Å². The summed E-state index contributed by atoms with van der Waals surface area (Å²) in [5.41, 5.74) is 1.86. The number of fused-ring (bicyclic) bond motifs is 1. The van der Waals surface area contributed by atoms with E-state index in [1.807, 2.05) is 6.07 Å². The third-order valence-corrected chi connectivity index (χ3v) is 5.18. The summed E-state index contributed by atoms with van der Waals surface area (Å²) in [7, 11) is 1.62. The van der Waals surface area contributed by atoms with Crippen molar-refractivity contribution < 1.29 is 14.0 Å². The molecule has 7 heteroatoms. The van der Waals surface area contributed by atoms with Gasteiger partial charge in [0.1, 0.15) is 5.82 Å². The van der Waals surface area contributed by atoms with Crippen LogP contribution in [0.25, 0.3) is 0 Å². The van der Waals surface area contributed by atoms with Gasteiger partial charge in [-0.2, -0.15) is 0 Å². The number of aliphatic imine (C=N–C) groups is 1. The van der Waals surface area contributed by atoms with Gasteiger partial charge in [0.2, 0.25) is 6.17 Å². The Morgan fingerprint density at radius 2 is 1.75 bits per heavy atom. The Labute approximate surface area is 162 Å². The van der Waals surface area contributed by atoms with Crippen molar-refractivity contribution in [2.75, 3.05) is 11.9 Å². The molecule has 0 spiro atoms. The number of amides is 3. The molecule has 1 aliphatic carbocycles. The van der Waals surface area contributed by atoms with Gasteiger partial charge in [-0.3, -0.25) is 4.79 Å². The maximum absolute atomic E-state index is 14.5. The Morgan fingerprint density at radius 1 is 1.07 bits per heavy atom. The predicted molar refractivity (Wildman–Crippen MR) is 105 cm³/mol. The number of benzodiazepines with no additional fused rings is 1. The highest BCUT2D eigenvalue weighted by atomic mass is 19.1. The van der Waals surface area contributed by atoms with E-state index in [0.717, 1.165) is 19.3 Å². The highest BCUT2D eigenvalue weighted by Crippen LogP contribution is 2.28. The van der Waals surface area contributed by atoms with Gasteiger partial charge in [0.15, 0.2) is 0 Å². The number of hydrogen-bond acceptors (Lipinski definition) is 3. The number of halogens is 1. The third kappa shape index (κ3) is 3.35. The number of nitrogens with zero attached hydrogens (tertiary/aromatic N) is 2. The van der Waals surface area contributed by atoms with Crippen LogP contribution in [-0.2, 0) is 4.79 Å². The van der Waals surface area contributed by atoms with E-state index in [2.05, 4.69) is 15.6 Å². The summed E-state index contributed by atoms with van der Waals surface area (Å²) >= 11 is 0. The summed E-state index contributed by atoms with van der Waals surface area (Å²) in [6.45, 7) is 0. The van der Waals surface area contributed by atoms with Crippen LogP contribution in [-0.4, -0.2) is 36.9 Å². The molecule has 3 amide bonds. The zero-order chi connectivity index (χ0) is 19.7. The Morgan fingerprint density at radius 3 is 2.43 bits per heavy atom. The van der Waals surface area contributed by atoms with Crippen LogP contribution in [0.3, 0.4) is 0 Å². The first-order valence-electron chi connectivity index (χ1n) is 9.31. The highest BCUT2D eigenvalue weighted by Gasteiger charge is 2.32. The SMILES string of the molecule is CN1C(=O)C(NC(=O)NC2CCC2)N=C(c2ccccc2F)c2ccccc21. The van der Waals surface area contributed by atoms with Crippen molar-refractivity contribution in [3.05, 3.63) is 65.5 Å². The minimum absolute atomic E-state index is 0.130. The summed E-state index contributed by atoms with van der Waals surface area (Å²) in [6, 6.07) is 13.1. The minimum atomic E-state index is -1.15. The first-order chi connectivity index (χ1) is 13.5. The standard InChI is InChI=1S/C21H21FN4O2/c1-26-17-12-5-3-10-15(17)18(14-9-2-4-11-16(14)22)24-19(20(26)27)25-21(28)23-13-7-6-8-13/h2-5,9-13,19H,6-8H2,1H3,(H2,23,25,28). The third-order valence-electron chi connectivity index (χ3n) is 5.18. The Hall–Kier alpha value is -3.22. The predicted octanol–water partition coefficient (Wildman–Crippen LogP) is 2.82. The number of rotatable bonds is 3. The van der Waals surface area contributed by atoms with Crippen molar-refractivity contribution in [2.24, 2.45) is 4.99 Å². The number of carbonyl (C=O) groups is 2. The van der Waals surface area contributed by atoms with E-state index in [1.165, 1.54) is 11.0 Å². The number of carbonyl (C=O) groups excluding carboxylic acids is 2. The molecule has 1 saturated carbocycles. The average Bonchev–Trinajstić information content (AvgIpc) is 2.76. The molecule has 0 radical (unpaired) electrons. The zero-order valence-electron chi connectivity index (χ0n) is 15.5. The molecule has 2 aromatic rings. The van der Waals surface area contributed by atoms with Crippen LogP contribution in [0.2, 0.25) is 0 Å². The lowest BCUT2D eigenvalue weighted by molar-refractivity contribution is -0.119. The molecule has 2 aromatic carbocycles. The molecule has 0 aromatic heterocycles. The summed E-state index contributed by atoms with van der Waals surface area (Å²) in [5, 5.41) is 5.48. The first kappa shape index (κ1) is 18.2. The summed E-state index contributed by atoms with van der Waals surface area (Å²) in [4.78, 5) is 31.2. The van der Waals surface area contributed by atoms with E-state index in [-0.39, 0.29) is 17.5 Å². The highest BCUT2D eigenvalue weighted by molar-refractivity contribution is 6.20. The maximum atomic E-state index is 14.5. The number of anilines is 1. The van der Waals surface area contributed by atoms with Crippen LogP contribution in [0, 0.1) is 5.82 Å². The molecule has 6 nitrogen and oxygen atoms in total. The van der Waals surface area contributed by atoms with E-state index >= 15 is 0 Å². The number of para-hydroxylation sites is 1. The lowest BCUT2D eigenvalue weighted by Gasteiger charge is -2.27. The van der Waals surface area contributed by atoms with Gasteiger partial charge in [0.25, 0.3) is 5.91 Å². The number of urea groups is 1. The monoisotopic (exact) mass is 380 g/mol. The Bertz CT molecular complexity index is 955. The Balaban J connectivity index is 1.74. The number of nitrogens with one attached hydrogen (secondary N) is 2. The van der Waals surface area contributed by atoms with Crippen LogP contribution in [0.15, 0.2) is 53.5 Å². The quantitative estimate of drug-likeness (QED) is 0.859. The van der Waals surface area contributed by atoms with Gasteiger partial charge in [-0.25, -0.2) is 14.2 Å². The topological polar surface area (TPSA) is 73.8 Å². The van der Waals surface area contributed by atoms with Crippen molar-refractivity contribution in [1.82, 2.24) is 10.6 Å². The van der Waals surface area contributed by atoms with E-state index in [1.54, 1.807) is 43.4 Å². The molecule has 1 unspecified atom stereocenters. The van der Waals surface area contributed by atoms with Gasteiger partial charge in [0.05, 0.1) is 11.4 Å². The van der Waals surface area contributed by atoms with Gasteiger partial charge in [-0.15, -0.1) is 0 Å². The molecular formula is C21H21FN4O2. The second-order valence-corrected chi connectivity index (χ2v) is 7.02. The van der Waals surface area contributed by atoms with Gasteiger partial charge < -0.3 is 15.5 Å². The number of hydrogen-bond donors (Lipinski definition) is 2. The molecule has 1 aliphatic heterocycles. The van der Waals surface area contributed by atoms with E-state index < -0.39 is 18.0 Å². The smallest absolute Gasteiger partial charge is 0.317 e. The van der Waals surface area contributed by atoms with Crippen molar-refractivity contribution >= 4 is 23.3 Å². The zero-order valence-corrected chi connectivity index (χ0v) is 15.5. The van der Waals surface area contributed by atoms with Crippen molar-refractivity contribution in [3.8, 4) is 0 Å². The minimum Gasteiger partial charge on any atom is -0.335 e. The van der Waals surface area contributed by atoms with Crippen molar-refractivity contribution in [2.45, 2.75) is 31.5 Å². The lowest BCUT2D eigenvalue weighted by Crippen LogP contribution is -2.52. The molecule has 1 fully saturated rings. The van der Waals surface area contributed by atoms with Crippen LogP contribution in [0.5, 0.6) is 0 Å². The van der Waals surface area contributed by atoms with E-state index in [9.17, 15) is 14.0 Å². The number of likely N-dealkylation sites (N-methyl/N-ethyl adjacent to an activating group) is 1. The summed E-state index contributed by atoms with van der Waals surface area (Å²) in [6.07, 6.45) is 1.80. The molecule has 4 rings (SSSR count). The molecule has 1 atom stereocenters. The second-order valence-electron chi connectivity index (χ2n) is 7.02. The molecular weight excluding hydrogens is 359 g/mol. The lowest BCUT2D eigenvalue weighted by atomic mass is 9.93. The molecule has 28 heavy (non-hydrogen) atoms. The van der Waals surface area contributed by atoms with Crippen LogP contribution >= 0.6 is 0 Å². The van der Waals surface area contributed by atoms with Gasteiger partial charge in [-0.1, -0.05) is 30.3 Å². The average molecular weight is 380 g/mol. The number of benzene rings is 2. The van der Waals surface area contributed by atoms with Crippen molar-refractivity contribution in [3.63, 3.8) is 0 Å². The van der Waals surface area contributed by atoms with Crippen LogP contribution in [0.1, 0.15) is 30.4 Å². The summed E-state index contributed by atoms with van der Waals surface area (Å²) in [5.74, 6) is -0.826. The molecule has 144 valence electrons. The van der Waals surface area contributed by atoms with Crippen LogP contribution in [0.4, 0.5) is 14.9 Å². The second kappa shape index (κ2) is 7.42. The fraction of sp³-hybridized carbons (Fsp3) is 0.286. The van der Waals surface area contributed by atoms with Crippen molar-refractivity contribution in [1.29, 1.82) is 0 Å². The fourth-order valence-corrected chi connectivity index (χ4v) is 3.39.